The lowest BCUT2D eigenvalue weighted by Crippen LogP contribution is -2.17. The van der Waals surface area contributed by atoms with E-state index >= 15 is 0 Å². The van der Waals surface area contributed by atoms with E-state index < -0.39 is 17.7 Å². The maximum atomic E-state index is 14.1. The third-order valence-electron chi connectivity index (χ3n) is 3.61. The molecule has 0 heterocycles. The summed E-state index contributed by atoms with van der Waals surface area (Å²) in [6, 6.07) is 7.51. The van der Waals surface area contributed by atoms with Crippen molar-refractivity contribution in [3.63, 3.8) is 0 Å². The van der Waals surface area contributed by atoms with E-state index in [4.69, 9.17) is 5.73 Å². The van der Waals surface area contributed by atoms with Gasteiger partial charge in [-0.05, 0) is 49.1 Å². The Bertz CT molecular complexity index is 620. The fourth-order valence-corrected chi connectivity index (χ4v) is 2.23. The fourth-order valence-electron chi connectivity index (χ4n) is 2.23. The second-order valence-electron chi connectivity index (χ2n) is 4.86. The Morgan fingerprint density at radius 1 is 0.947 bits per heavy atom. The van der Waals surface area contributed by atoms with Gasteiger partial charge in [0, 0.05) is 5.56 Å². The molecule has 3 heteroatoms. The van der Waals surface area contributed by atoms with Gasteiger partial charge in [-0.25, -0.2) is 8.78 Å². The molecule has 2 rings (SSSR count). The lowest BCUT2D eigenvalue weighted by molar-refractivity contribution is 0.537. The van der Waals surface area contributed by atoms with Gasteiger partial charge in [0.25, 0.3) is 0 Å². The van der Waals surface area contributed by atoms with Gasteiger partial charge < -0.3 is 5.73 Å². The number of aryl methyl sites for hydroxylation is 2. The van der Waals surface area contributed by atoms with Gasteiger partial charge in [-0.3, -0.25) is 0 Å². The summed E-state index contributed by atoms with van der Waals surface area (Å²) in [5.74, 6) is -1.16. The Labute approximate surface area is 112 Å². The van der Waals surface area contributed by atoms with Crippen LogP contribution >= 0.6 is 0 Å². The van der Waals surface area contributed by atoms with Crippen LogP contribution in [0.2, 0.25) is 0 Å². The smallest absolute Gasteiger partial charge is 0.134 e. The van der Waals surface area contributed by atoms with Crippen molar-refractivity contribution in [3.8, 4) is 0 Å². The van der Waals surface area contributed by atoms with E-state index in [-0.39, 0.29) is 5.56 Å². The van der Waals surface area contributed by atoms with Crippen molar-refractivity contribution in [3.05, 3.63) is 69.8 Å². The van der Waals surface area contributed by atoms with Gasteiger partial charge in [0.05, 0.1) is 6.04 Å². The second kappa shape index (κ2) is 5.10. The first-order chi connectivity index (χ1) is 8.93. The van der Waals surface area contributed by atoms with Crippen LogP contribution in [0.25, 0.3) is 0 Å². The highest BCUT2D eigenvalue weighted by atomic mass is 19.1. The van der Waals surface area contributed by atoms with Crippen molar-refractivity contribution >= 4 is 0 Å². The molecule has 1 atom stereocenters. The molecule has 0 bridgehead atoms. The third kappa shape index (κ3) is 2.38. The lowest BCUT2D eigenvalue weighted by atomic mass is 9.92. The summed E-state index contributed by atoms with van der Waals surface area (Å²) in [6.07, 6.45) is 0. The molecule has 0 radical (unpaired) electrons. The number of rotatable bonds is 2. The van der Waals surface area contributed by atoms with Crippen LogP contribution < -0.4 is 5.73 Å². The molecule has 2 N–H and O–H groups in total. The third-order valence-corrected chi connectivity index (χ3v) is 3.61. The maximum Gasteiger partial charge on any atom is 0.134 e. The van der Waals surface area contributed by atoms with Crippen molar-refractivity contribution in [2.24, 2.45) is 5.73 Å². The zero-order valence-electron chi connectivity index (χ0n) is 11.3. The second-order valence-corrected chi connectivity index (χ2v) is 4.86. The lowest BCUT2D eigenvalue weighted by Gasteiger charge is -2.18. The molecule has 0 saturated carbocycles. The first kappa shape index (κ1) is 13.7. The normalized spacial score (nSPS) is 12.5. The molecule has 0 saturated heterocycles. The van der Waals surface area contributed by atoms with E-state index in [1.807, 2.05) is 32.0 Å². The van der Waals surface area contributed by atoms with E-state index in [2.05, 4.69) is 0 Å². The van der Waals surface area contributed by atoms with Crippen LogP contribution in [0.3, 0.4) is 0 Å². The van der Waals surface area contributed by atoms with Crippen LogP contribution in [0.5, 0.6) is 0 Å². The summed E-state index contributed by atoms with van der Waals surface area (Å²) < 4.78 is 28.0. The molecule has 0 amide bonds. The Kier molecular flexibility index (Phi) is 3.67. The van der Waals surface area contributed by atoms with Gasteiger partial charge in [-0.15, -0.1) is 0 Å². The number of hydrogen-bond donors (Lipinski definition) is 1. The van der Waals surface area contributed by atoms with E-state index in [9.17, 15) is 8.78 Å². The van der Waals surface area contributed by atoms with Crippen molar-refractivity contribution < 1.29 is 8.78 Å². The number of nitrogens with two attached hydrogens (primary N) is 1. The van der Waals surface area contributed by atoms with Gasteiger partial charge in [0.1, 0.15) is 11.6 Å². The predicted molar refractivity (Wildman–Crippen MR) is 73.0 cm³/mol. The molecule has 1 unspecified atom stereocenters. The molecule has 0 aliphatic carbocycles. The monoisotopic (exact) mass is 261 g/mol. The summed E-state index contributed by atoms with van der Waals surface area (Å²) in [5, 5.41) is 0. The Hall–Kier alpha value is -1.74. The summed E-state index contributed by atoms with van der Waals surface area (Å²) in [7, 11) is 0. The number of benzene rings is 2. The molecule has 0 fully saturated rings. The highest BCUT2D eigenvalue weighted by molar-refractivity contribution is 5.42. The van der Waals surface area contributed by atoms with E-state index in [1.54, 1.807) is 6.92 Å². The summed E-state index contributed by atoms with van der Waals surface area (Å²) in [4.78, 5) is 0. The van der Waals surface area contributed by atoms with Gasteiger partial charge >= 0.3 is 0 Å². The van der Waals surface area contributed by atoms with E-state index in [1.165, 1.54) is 12.1 Å². The van der Waals surface area contributed by atoms with Crippen molar-refractivity contribution in [2.45, 2.75) is 26.8 Å². The maximum absolute atomic E-state index is 14.1. The molecule has 100 valence electrons. The predicted octanol–water partition coefficient (Wildman–Crippen LogP) is 3.94. The average Bonchev–Trinajstić information content (AvgIpc) is 2.37. The van der Waals surface area contributed by atoms with Crippen LogP contribution in [0.15, 0.2) is 30.3 Å². The zero-order valence-corrected chi connectivity index (χ0v) is 11.3. The first-order valence-corrected chi connectivity index (χ1v) is 6.19. The van der Waals surface area contributed by atoms with Crippen LogP contribution in [0, 0.1) is 32.4 Å². The van der Waals surface area contributed by atoms with Gasteiger partial charge in [-0.1, -0.05) is 24.3 Å². The first-order valence-electron chi connectivity index (χ1n) is 6.19. The highest BCUT2D eigenvalue weighted by Crippen LogP contribution is 2.29. The van der Waals surface area contributed by atoms with Gasteiger partial charge in [-0.2, -0.15) is 0 Å². The van der Waals surface area contributed by atoms with E-state index in [0.717, 1.165) is 16.7 Å². The SMILES string of the molecule is Cc1cccc(C(N)c2c(F)ccc(C)c2F)c1C. The molecule has 2 aromatic carbocycles. The molecular weight excluding hydrogens is 244 g/mol. The average molecular weight is 261 g/mol. The zero-order chi connectivity index (χ0) is 14.2. The van der Waals surface area contributed by atoms with Crippen LogP contribution in [0.4, 0.5) is 8.78 Å². The van der Waals surface area contributed by atoms with Crippen molar-refractivity contribution in [1.29, 1.82) is 0 Å². The molecular formula is C16H17F2N. The Balaban J connectivity index is 2.59. The van der Waals surface area contributed by atoms with Crippen LogP contribution in [-0.4, -0.2) is 0 Å². The highest BCUT2D eigenvalue weighted by Gasteiger charge is 2.21. The van der Waals surface area contributed by atoms with E-state index in [0.29, 0.717) is 5.56 Å². The van der Waals surface area contributed by atoms with Crippen molar-refractivity contribution in [1.82, 2.24) is 0 Å². The quantitative estimate of drug-likeness (QED) is 0.870. The minimum Gasteiger partial charge on any atom is -0.320 e. The standard InChI is InChI=1S/C16H17F2N/c1-9-5-4-6-12(11(9)3)16(19)14-13(17)8-7-10(2)15(14)18/h4-8,16H,19H2,1-3H3. The molecule has 19 heavy (non-hydrogen) atoms. The minimum absolute atomic E-state index is 0.0614. The number of hydrogen-bond acceptors (Lipinski definition) is 1. The molecule has 0 spiro atoms. The van der Waals surface area contributed by atoms with Crippen LogP contribution in [-0.2, 0) is 0 Å². The van der Waals surface area contributed by atoms with Gasteiger partial charge in [0.2, 0.25) is 0 Å². The molecule has 0 aliphatic heterocycles. The van der Waals surface area contributed by atoms with Crippen molar-refractivity contribution in [2.75, 3.05) is 0 Å². The molecule has 2 aromatic rings. The Morgan fingerprint density at radius 3 is 2.32 bits per heavy atom. The largest absolute Gasteiger partial charge is 0.320 e. The minimum atomic E-state index is -0.792. The summed E-state index contributed by atoms with van der Waals surface area (Å²) in [5.41, 5.74) is 9.19. The summed E-state index contributed by atoms with van der Waals surface area (Å²) >= 11 is 0. The molecule has 1 nitrogen and oxygen atoms in total. The fraction of sp³-hybridized carbons (Fsp3) is 0.250. The molecule has 0 aromatic heterocycles. The number of halogens is 2. The summed E-state index contributed by atoms with van der Waals surface area (Å²) in [6.45, 7) is 5.47. The Morgan fingerprint density at radius 2 is 1.63 bits per heavy atom. The van der Waals surface area contributed by atoms with Gasteiger partial charge in [0.15, 0.2) is 0 Å². The molecule has 0 aliphatic rings. The van der Waals surface area contributed by atoms with Crippen LogP contribution in [0.1, 0.15) is 33.9 Å². The topological polar surface area (TPSA) is 26.0 Å².